The number of nitrogens with zero attached hydrogens (tertiary/aromatic N) is 1. The zero-order valence-corrected chi connectivity index (χ0v) is 13.0. The van der Waals surface area contributed by atoms with Crippen LogP contribution in [0.1, 0.15) is 58.8 Å². The second kappa shape index (κ2) is 6.90. The number of hydrogen-bond donors (Lipinski definition) is 2. The third-order valence-electron chi connectivity index (χ3n) is 5.43. The number of aliphatic carboxylic acids is 1. The van der Waals surface area contributed by atoms with Crippen LogP contribution in [0.25, 0.3) is 0 Å². The molecule has 2 N–H and O–H groups in total. The van der Waals surface area contributed by atoms with Crippen molar-refractivity contribution in [3.63, 3.8) is 0 Å². The minimum absolute atomic E-state index is 0.290. The van der Waals surface area contributed by atoms with Gasteiger partial charge in [0.2, 0.25) is 0 Å². The first-order valence-electron chi connectivity index (χ1n) is 8.36. The highest BCUT2D eigenvalue weighted by molar-refractivity contribution is 5.79. The van der Waals surface area contributed by atoms with Crippen molar-refractivity contribution in [1.29, 1.82) is 0 Å². The minimum atomic E-state index is -0.657. The molecule has 0 radical (unpaired) electrons. The molecule has 1 saturated carbocycles. The van der Waals surface area contributed by atoms with Crippen molar-refractivity contribution in [3.8, 4) is 0 Å². The van der Waals surface area contributed by atoms with E-state index in [4.69, 9.17) is 0 Å². The van der Waals surface area contributed by atoms with E-state index in [0.717, 1.165) is 44.8 Å². The van der Waals surface area contributed by atoms with Gasteiger partial charge in [-0.3, -0.25) is 4.79 Å². The van der Waals surface area contributed by atoms with Crippen molar-refractivity contribution < 1.29 is 9.90 Å². The number of carboxylic acid groups (broad SMARTS) is 1. The van der Waals surface area contributed by atoms with E-state index in [1.54, 1.807) is 0 Å². The zero-order chi connectivity index (χ0) is 14.6. The van der Waals surface area contributed by atoms with Crippen LogP contribution in [0.3, 0.4) is 0 Å². The normalized spacial score (nSPS) is 34.7. The number of carboxylic acids is 1. The van der Waals surface area contributed by atoms with E-state index >= 15 is 0 Å². The lowest BCUT2D eigenvalue weighted by Crippen LogP contribution is -2.55. The fourth-order valence-electron chi connectivity index (χ4n) is 4.35. The van der Waals surface area contributed by atoms with Crippen LogP contribution in [0.15, 0.2) is 0 Å². The highest BCUT2D eigenvalue weighted by Crippen LogP contribution is 2.38. The number of rotatable bonds is 7. The number of carbonyl (C=O) groups is 1. The molecule has 1 aliphatic carbocycles. The molecule has 20 heavy (non-hydrogen) atoms. The van der Waals surface area contributed by atoms with Gasteiger partial charge in [0.25, 0.3) is 0 Å². The van der Waals surface area contributed by atoms with E-state index < -0.39 is 11.5 Å². The van der Waals surface area contributed by atoms with Gasteiger partial charge in [0.05, 0.1) is 0 Å². The Labute approximate surface area is 122 Å². The third kappa shape index (κ3) is 3.01. The molecule has 1 heterocycles. The molecule has 0 bridgehead atoms. The molecule has 116 valence electrons. The van der Waals surface area contributed by atoms with E-state index in [1.165, 1.54) is 25.8 Å². The van der Waals surface area contributed by atoms with Gasteiger partial charge < -0.3 is 15.3 Å². The maximum absolute atomic E-state index is 11.8. The first-order valence-corrected chi connectivity index (χ1v) is 8.36. The van der Waals surface area contributed by atoms with E-state index in [2.05, 4.69) is 17.1 Å². The van der Waals surface area contributed by atoms with Gasteiger partial charge in [0.15, 0.2) is 0 Å². The Kier molecular flexibility index (Phi) is 5.44. The summed E-state index contributed by atoms with van der Waals surface area (Å²) in [5.41, 5.74) is -0.657. The summed E-state index contributed by atoms with van der Waals surface area (Å²) in [6.45, 7) is 7.28. The summed E-state index contributed by atoms with van der Waals surface area (Å²) in [6.07, 6.45) is 7.76. The molecule has 2 rings (SSSR count). The monoisotopic (exact) mass is 282 g/mol. The largest absolute Gasteiger partial charge is 0.480 e. The molecule has 2 aliphatic rings. The van der Waals surface area contributed by atoms with Crippen molar-refractivity contribution in [2.45, 2.75) is 70.4 Å². The average Bonchev–Trinajstić information content (AvgIpc) is 3.03. The maximum atomic E-state index is 11.8. The molecule has 3 unspecified atom stereocenters. The lowest BCUT2D eigenvalue weighted by Gasteiger charge is -2.34. The molecule has 4 nitrogen and oxygen atoms in total. The number of likely N-dealkylation sites (N-methyl/N-ethyl adjacent to an activating group) is 1. The molecule has 1 aliphatic heterocycles. The Morgan fingerprint density at radius 1 is 1.35 bits per heavy atom. The molecule has 1 saturated heterocycles. The summed E-state index contributed by atoms with van der Waals surface area (Å²) in [5, 5.41) is 13.0. The van der Waals surface area contributed by atoms with Crippen LogP contribution in [0.4, 0.5) is 0 Å². The second-order valence-corrected chi connectivity index (χ2v) is 6.42. The summed E-state index contributed by atoms with van der Waals surface area (Å²) < 4.78 is 0. The summed E-state index contributed by atoms with van der Waals surface area (Å²) >= 11 is 0. The van der Waals surface area contributed by atoms with Gasteiger partial charge in [-0.2, -0.15) is 0 Å². The predicted octanol–water partition coefficient (Wildman–Crippen LogP) is 2.48. The molecule has 4 heteroatoms. The van der Waals surface area contributed by atoms with Gasteiger partial charge in [0.1, 0.15) is 5.54 Å². The molecule has 0 aromatic rings. The predicted molar refractivity (Wildman–Crippen MR) is 80.9 cm³/mol. The van der Waals surface area contributed by atoms with E-state index in [1.807, 2.05) is 6.92 Å². The van der Waals surface area contributed by atoms with Crippen LogP contribution in [-0.2, 0) is 4.79 Å². The molecule has 0 aromatic heterocycles. The van der Waals surface area contributed by atoms with E-state index in [-0.39, 0.29) is 5.92 Å². The van der Waals surface area contributed by atoms with Gasteiger partial charge in [0, 0.05) is 6.04 Å². The topological polar surface area (TPSA) is 52.6 Å². The van der Waals surface area contributed by atoms with Gasteiger partial charge in [-0.05, 0) is 64.1 Å². The van der Waals surface area contributed by atoms with Crippen molar-refractivity contribution in [2.24, 2.45) is 5.92 Å². The van der Waals surface area contributed by atoms with Crippen LogP contribution < -0.4 is 5.32 Å². The minimum Gasteiger partial charge on any atom is -0.480 e. The third-order valence-corrected chi connectivity index (χ3v) is 5.43. The van der Waals surface area contributed by atoms with Crippen molar-refractivity contribution in [3.05, 3.63) is 0 Å². The summed E-state index contributed by atoms with van der Waals surface area (Å²) in [4.78, 5) is 14.3. The first kappa shape index (κ1) is 15.8. The van der Waals surface area contributed by atoms with Gasteiger partial charge in [-0.25, -0.2) is 0 Å². The highest BCUT2D eigenvalue weighted by Gasteiger charge is 2.48. The average molecular weight is 282 g/mol. The van der Waals surface area contributed by atoms with Crippen LogP contribution in [-0.4, -0.2) is 47.2 Å². The summed E-state index contributed by atoms with van der Waals surface area (Å²) in [7, 11) is 0. The smallest absolute Gasteiger partial charge is 0.324 e. The van der Waals surface area contributed by atoms with Crippen LogP contribution in [0.5, 0.6) is 0 Å². The van der Waals surface area contributed by atoms with Crippen molar-refractivity contribution >= 4 is 5.97 Å². The molecule has 2 fully saturated rings. The number of hydrogen-bond acceptors (Lipinski definition) is 3. The molecule has 0 amide bonds. The van der Waals surface area contributed by atoms with E-state index in [9.17, 15) is 9.90 Å². The quantitative estimate of drug-likeness (QED) is 0.753. The Hall–Kier alpha value is -0.610. The number of nitrogens with one attached hydrogen (secondary N) is 1. The molecular formula is C16H30N2O2. The van der Waals surface area contributed by atoms with E-state index in [0.29, 0.717) is 0 Å². The first-order chi connectivity index (χ1) is 9.64. The fraction of sp³-hybridized carbons (Fsp3) is 0.938. The van der Waals surface area contributed by atoms with Crippen LogP contribution >= 0.6 is 0 Å². The molecule has 0 aromatic carbocycles. The lowest BCUT2D eigenvalue weighted by atomic mass is 9.84. The Bertz CT molecular complexity index is 334. The van der Waals surface area contributed by atoms with Crippen LogP contribution in [0, 0.1) is 5.92 Å². The molecular weight excluding hydrogens is 252 g/mol. The SMILES string of the molecule is CCNC1(C(=O)O)CCCC1CCN1CCCC1CC. The number of likely N-dealkylation sites (tertiary alicyclic amines) is 1. The standard InChI is InChI=1S/C16H30N2O2/c1-3-14-8-6-11-18(14)12-9-13-7-5-10-16(13,15(19)20)17-4-2/h13-14,17H,3-12H2,1-2H3,(H,19,20). The van der Waals surface area contributed by atoms with Crippen molar-refractivity contribution in [1.82, 2.24) is 10.2 Å². The second-order valence-electron chi connectivity index (χ2n) is 6.42. The highest BCUT2D eigenvalue weighted by atomic mass is 16.4. The Morgan fingerprint density at radius 3 is 2.80 bits per heavy atom. The molecule has 0 spiro atoms. The summed E-state index contributed by atoms with van der Waals surface area (Å²) in [6, 6.07) is 0.731. The lowest BCUT2D eigenvalue weighted by molar-refractivity contribution is -0.146. The van der Waals surface area contributed by atoms with Crippen molar-refractivity contribution in [2.75, 3.05) is 19.6 Å². The Morgan fingerprint density at radius 2 is 2.15 bits per heavy atom. The summed E-state index contributed by atoms with van der Waals surface area (Å²) in [5.74, 6) is -0.353. The van der Waals surface area contributed by atoms with Gasteiger partial charge in [-0.1, -0.05) is 20.3 Å². The van der Waals surface area contributed by atoms with Gasteiger partial charge >= 0.3 is 5.97 Å². The molecule has 3 atom stereocenters. The maximum Gasteiger partial charge on any atom is 0.324 e. The Balaban J connectivity index is 1.95. The van der Waals surface area contributed by atoms with Gasteiger partial charge in [-0.15, -0.1) is 0 Å². The fourth-order valence-corrected chi connectivity index (χ4v) is 4.35. The zero-order valence-electron chi connectivity index (χ0n) is 13.0. The van der Waals surface area contributed by atoms with Crippen LogP contribution in [0.2, 0.25) is 0 Å².